The number of thioether (sulfide) groups is 1. The van der Waals surface area contributed by atoms with Crippen molar-refractivity contribution in [3.8, 4) is 11.4 Å². The second kappa shape index (κ2) is 7.64. The summed E-state index contributed by atoms with van der Waals surface area (Å²) in [6.45, 7) is 0. The zero-order valence-corrected chi connectivity index (χ0v) is 14.2. The molecule has 1 amide bonds. The predicted octanol–water partition coefficient (Wildman–Crippen LogP) is 3.02. The number of rotatable bonds is 6. The van der Waals surface area contributed by atoms with E-state index in [9.17, 15) is 4.79 Å². The van der Waals surface area contributed by atoms with Gasteiger partial charge in [-0.1, -0.05) is 54.9 Å². The van der Waals surface area contributed by atoms with Gasteiger partial charge >= 0.3 is 0 Å². The molecule has 1 aliphatic rings. The van der Waals surface area contributed by atoms with E-state index in [1.54, 1.807) is 11.8 Å². The van der Waals surface area contributed by atoms with Crippen molar-refractivity contribution in [2.45, 2.75) is 43.3 Å². The van der Waals surface area contributed by atoms with Gasteiger partial charge in [0.15, 0.2) is 11.0 Å². The van der Waals surface area contributed by atoms with E-state index in [2.05, 4.69) is 15.5 Å². The van der Waals surface area contributed by atoms with Crippen LogP contribution in [0.4, 0.5) is 0 Å². The first-order valence-electron chi connectivity index (χ1n) is 8.11. The molecule has 23 heavy (non-hydrogen) atoms. The van der Waals surface area contributed by atoms with Crippen LogP contribution < -0.4 is 5.32 Å². The molecule has 1 heterocycles. The van der Waals surface area contributed by atoms with Crippen LogP contribution in [0, 0.1) is 0 Å². The molecule has 0 unspecified atom stereocenters. The molecule has 0 radical (unpaired) electrons. The van der Waals surface area contributed by atoms with E-state index in [4.69, 9.17) is 0 Å². The summed E-state index contributed by atoms with van der Waals surface area (Å²) in [5.74, 6) is 1.72. The third-order valence-corrected chi connectivity index (χ3v) is 5.17. The Morgan fingerprint density at radius 3 is 2.74 bits per heavy atom. The monoisotopic (exact) mass is 330 g/mol. The van der Waals surface area contributed by atoms with Gasteiger partial charge in [0, 0.05) is 30.8 Å². The van der Waals surface area contributed by atoms with Crippen LogP contribution in [0.1, 0.15) is 32.1 Å². The second-order valence-electron chi connectivity index (χ2n) is 5.88. The summed E-state index contributed by atoms with van der Waals surface area (Å²) in [4.78, 5) is 11.9. The Morgan fingerprint density at radius 1 is 1.26 bits per heavy atom. The Kier molecular flexibility index (Phi) is 5.33. The van der Waals surface area contributed by atoms with E-state index < -0.39 is 0 Å². The lowest BCUT2D eigenvalue weighted by Gasteiger charge is -2.11. The molecule has 0 aliphatic heterocycles. The molecule has 1 aliphatic carbocycles. The highest BCUT2D eigenvalue weighted by molar-refractivity contribution is 7.99. The Balaban J connectivity index is 1.51. The van der Waals surface area contributed by atoms with Crippen molar-refractivity contribution in [3.63, 3.8) is 0 Å². The van der Waals surface area contributed by atoms with Crippen molar-refractivity contribution >= 4 is 17.7 Å². The Labute approximate surface area is 140 Å². The number of aromatic nitrogens is 3. The fourth-order valence-electron chi connectivity index (χ4n) is 2.88. The molecule has 2 aromatic rings. The number of hydrogen-bond donors (Lipinski definition) is 1. The summed E-state index contributed by atoms with van der Waals surface area (Å²) in [6, 6.07) is 10.4. The van der Waals surface area contributed by atoms with Gasteiger partial charge in [-0.05, 0) is 12.8 Å². The first-order valence-corrected chi connectivity index (χ1v) is 9.09. The van der Waals surface area contributed by atoms with E-state index in [-0.39, 0.29) is 5.91 Å². The fourth-order valence-corrected chi connectivity index (χ4v) is 3.73. The van der Waals surface area contributed by atoms with Gasteiger partial charge < -0.3 is 9.88 Å². The summed E-state index contributed by atoms with van der Waals surface area (Å²) in [6.07, 6.45) is 5.25. The van der Waals surface area contributed by atoms with Crippen LogP contribution in [0.5, 0.6) is 0 Å². The van der Waals surface area contributed by atoms with Crippen molar-refractivity contribution in [2.24, 2.45) is 7.05 Å². The summed E-state index contributed by atoms with van der Waals surface area (Å²) >= 11 is 1.58. The molecule has 3 rings (SSSR count). The molecule has 1 N–H and O–H groups in total. The van der Waals surface area contributed by atoms with Gasteiger partial charge in [-0.25, -0.2) is 0 Å². The average Bonchev–Trinajstić information content (AvgIpc) is 3.19. The third kappa shape index (κ3) is 4.13. The van der Waals surface area contributed by atoms with E-state index in [1.165, 1.54) is 12.8 Å². The van der Waals surface area contributed by atoms with Gasteiger partial charge in [0.25, 0.3) is 0 Å². The highest BCUT2D eigenvalue weighted by atomic mass is 32.2. The van der Waals surface area contributed by atoms with Crippen LogP contribution >= 0.6 is 11.8 Å². The third-order valence-electron chi connectivity index (χ3n) is 4.15. The lowest BCUT2D eigenvalue weighted by atomic mass is 10.2. The summed E-state index contributed by atoms with van der Waals surface area (Å²) in [7, 11) is 1.96. The van der Waals surface area contributed by atoms with E-state index >= 15 is 0 Å². The minimum atomic E-state index is 0.148. The van der Waals surface area contributed by atoms with Gasteiger partial charge in [-0.3, -0.25) is 4.79 Å². The molecule has 1 aromatic heterocycles. The predicted molar refractivity (Wildman–Crippen MR) is 92.2 cm³/mol. The molecule has 0 atom stereocenters. The molecule has 0 saturated heterocycles. The number of carbonyl (C=O) groups excluding carboxylic acids is 1. The second-order valence-corrected chi connectivity index (χ2v) is 6.94. The molecule has 122 valence electrons. The van der Waals surface area contributed by atoms with Gasteiger partial charge in [-0.15, -0.1) is 10.2 Å². The molecule has 1 aromatic carbocycles. The molecule has 6 heteroatoms. The van der Waals surface area contributed by atoms with Gasteiger partial charge in [-0.2, -0.15) is 0 Å². The van der Waals surface area contributed by atoms with E-state index in [1.807, 2.05) is 41.9 Å². The standard InChI is InChI=1S/C17H22N4OS/c1-21-16(13-7-3-2-4-8-13)19-20-17(21)23-12-11-15(22)18-14-9-5-6-10-14/h2-4,7-8,14H,5-6,9-12H2,1H3,(H,18,22). The van der Waals surface area contributed by atoms with E-state index in [0.717, 1.165) is 35.1 Å². The number of nitrogens with one attached hydrogen (secondary N) is 1. The maximum Gasteiger partial charge on any atom is 0.221 e. The summed E-state index contributed by atoms with van der Waals surface area (Å²) in [5, 5.41) is 12.5. The minimum Gasteiger partial charge on any atom is -0.353 e. The van der Waals surface area contributed by atoms with Crippen LogP contribution in [-0.4, -0.2) is 32.5 Å². The fraction of sp³-hybridized carbons (Fsp3) is 0.471. The highest BCUT2D eigenvalue weighted by Gasteiger charge is 2.17. The molecule has 0 bridgehead atoms. The van der Waals surface area contributed by atoms with Crippen LogP contribution in [0.15, 0.2) is 35.5 Å². The summed E-state index contributed by atoms with van der Waals surface area (Å²) in [5.41, 5.74) is 1.05. The summed E-state index contributed by atoms with van der Waals surface area (Å²) < 4.78 is 1.98. The zero-order valence-electron chi connectivity index (χ0n) is 13.4. The first kappa shape index (κ1) is 16.1. The molecule has 5 nitrogen and oxygen atoms in total. The van der Waals surface area contributed by atoms with Crippen molar-refractivity contribution in [2.75, 3.05) is 5.75 Å². The minimum absolute atomic E-state index is 0.148. The zero-order chi connectivity index (χ0) is 16.1. The first-order chi connectivity index (χ1) is 11.2. The number of benzene rings is 1. The molecule has 1 fully saturated rings. The van der Waals surface area contributed by atoms with Crippen molar-refractivity contribution < 1.29 is 4.79 Å². The van der Waals surface area contributed by atoms with Crippen molar-refractivity contribution in [1.29, 1.82) is 0 Å². The maximum atomic E-state index is 11.9. The normalized spacial score (nSPS) is 15.0. The largest absolute Gasteiger partial charge is 0.353 e. The Morgan fingerprint density at radius 2 is 2.00 bits per heavy atom. The quantitative estimate of drug-likeness (QED) is 0.827. The van der Waals surface area contributed by atoms with Gasteiger partial charge in [0.1, 0.15) is 0 Å². The topological polar surface area (TPSA) is 59.8 Å². The van der Waals surface area contributed by atoms with Crippen LogP contribution in [0.3, 0.4) is 0 Å². The number of nitrogens with zero attached hydrogens (tertiary/aromatic N) is 3. The van der Waals surface area contributed by atoms with Crippen LogP contribution in [0.2, 0.25) is 0 Å². The smallest absolute Gasteiger partial charge is 0.221 e. The van der Waals surface area contributed by atoms with Gasteiger partial charge in [0.2, 0.25) is 5.91 Å². The van der Waals surface area contributed by atoms with Gasteiger partial charge in [0.05, 0.1) is 0 Å². The Bertz CT molecular complexity index is 650. The molecule has 1 saturated carbocycles. The van der Waals surface area contributed by atoms with Crippen LogP contribution in [0.25, 0.3) is 11.4 Å². The highest BCUT2D eigenvalue weighted by Crippen LogP contribution is 2.23. The van der Waals surface area contributed by atoms with Crippen LogP contribution in [-0.2, 0) is 11.8 Å². The lowest BCUT2D eigenvalue weighted by Crippen LogP contribution is -2.32. The Hall–Kier alpha value is -1.82. The van der Waals surface area contributed by atoms with Crippen molar-refractivity contribution in [1.82, 2.24) is 20.1 Å². The van der Waals surface area contributed by atoms with Crippen molar-refractivity contribution in [3.05, 3.63) is 30.3 Å². The van der Waals surface area contributed by atoms with E-state index in [0.29, 0.717) is 12.5 Å². The lowest BCUT2D eigenvalue weighted by molar-refractivity contribution is -0.121. The molecule has 0 spiro atoms. The number of amides is 1. The average molecular weight is 330 g/mol. The number of carbonyl (C=O) groups is 1. The number of hydrogen-bond acceptors (Lipinski definition) is 4. The molecular weight excluding hydrogens is 308 g/mol. The maximum absolute atomic E-state index is 11.9. The molecular formula is C17H22N4OS. The SMILES string of the molecule is Cn1c(SCCC(=O)NC2CCCC2)nnc1-c1ccccc1.